The first kappa shape index (κ1) is 32.4. The Morgan fingerprint density at radius 3 is 1.50 bits per heavy atom. The maximum absolute atomic E-state index is 6.26. The van der Waals surface area contributed by atoms with Crippen LogP contribution in [0, 0.1) is 0 Å². The Kier molecular flexibility index (Phi) is 7.16. The van der Waals surface area contributed by atoms with E-state index in [-0.39, 0.29) is 0 Å². The molecule has 0 saturated carbocycles. The zero-order valence-electron chi connectivity index (χ0n) is 31.1. The van der Waals surface area contributed by atoms with E-state index in [1.165, 1.54) is 0 Å². The molecular formula is C53H31N3O2. The molecule has 0 unspecified atom stereocenters. The average molecular weight is 742 g/mol. The zero-order valence-corrected chi connectivity index (χ0v) is 31.1. The Balaban J connectivity index is 1.01. The molecule has 3 heterocycles. The van der Waals surface area contributed by atoms with Crippen LogP contribution < -0.4 is 0 Å². The van der Waals surface area contributed by atoms with E-state index < -0.39 is 0 Å². The van der Waals surface area contributed by atoms with Crippen molar-refractivity contribution in [3.63, 3.8) is 0 Å². The van der Waals surface area contributed by atoms with Gasteiger partial charge in [-0.1, -0.05) is 152 Å². The van der Waals surface area contributed by atoms with Gasteiger partial charge in [0.25, 0.3) is 0 Å². The summed E-state index contributed by atoms with van der Waals surface area (Å²) in [5.41, 5.74) is 10.8. The van der Waals surface area contributed by atoms with Gasteiger partial charge >= 0.3 is 0 Å². The number of rotatable bonds is 5. The second-order valence-corrected chi connectivity index (χ2v) is 14.7. The molecule has 0 atom stereocenters. The lowest BCUT2D eigenvalue weighted by Gasteiger charge is -2.12. The smallest absolute Gasteiger partial charge is 0.164 e. The van der Waals surface area contributed by atoms with E-state index in [0.717, 1.165) is 104 Å². The molecule has 0 spiro atoms. The van der Waals surface area contributed by atoms with E-state index in [2.05, 4.69) is 152 Å². The summed E-state index contributed by atoms with van der Waals surface area (Å²) in [6.07, 6.45) is 0. The predicted octanol–water partition coefficient (Wildman–Crippen LogP) is 14.3. The van der Waals surface area contributed by atoms with Crippen molar-refractivity contribution in [3.05, 3.63) is 188 Å². The van der Waals surface area contributed by atoms with Gasteiger partial charge in [0.1, 0.15) is 22.3 Å². The van der Waals surface area contributed by atoms with E-state index in [4.69, 9.17) is 23.8 Å². The molecular weight excluding hydrogens is 711 g/mol. The first-order valence-corrected chi connectivity index (χ1v) is 19.4. The van der Waals surface area contributed by atoms with Crippen LogP contribution in [-0.2, 0) is 0 Å². The summed E-state index contributed by atoms with van der Waals surface area (Å²) in [6, 6.07) is 65.2. The quantitative estimate of drug-likeness (QED) is 0.176. The first-order chi connectivity index (χ1) is 28.7. The van der Waals surface area contributed by atoms with Gasteiger partial charge < -0.3 is 8.83 Å². The van der Waals surface area contributed by atoms with Crippen molar-refractivity contribution in [1.29, 1.82) is 0 Å². The van der Waals surface area contributed by atoms with E-state index in [1.807, 2.05) is 36.4 Å². The van der Waals surface area contributed by atoms with Crippen LogP contribution in [0.1, 0.15) is 0 Å². The van der Waals surface area contributed by atoms with Crippen molar-refractivity contribution in [2.45, 2.75) is 0 Å². The molecule has 0 fully saturated rings. The molecule has 3 aromatic heterocycles. The van der Waals surface area contributed by atoms with Crippen molar-refractivity contribution < 1.29 is 8.83 Å². The largest absolute Gasteiger partial charge is 0.456 e. The van der Waals surface area contributed by atoms with Gasteiger partial charge in [0.05, 0.1) is 0 Å². The first-order valence-electron chi connectivity index (χ1n) is 19.4. The van der Waals surface area contributed by atoms with Gasteiger partial charge in [-0.15, -0.1) is 0 Å². The van der Waals surface area contributed by atoms with Gasteiger partial charge in [0.2, 0.25) is 0 Å². The fourth-order valence-corrected chi connectivity index (χ4v) is 8.55. The molecule has 5 nitrogen and oxygen atoms in total. The SMILES string of the molecule is c1ccc(-c2ccc(-c3nc(-c4ccc5c(-c6cccc7oc8ccccc8c67)cccc5c4)nc(-c4ccc5c(ccc6oc7ccccc7c65)c4)n3)cc2)cc1. The van der Waals surface area contributed by atoms with Crippen LogP contribution in [0.3, 0.4) is 0 Å². The maximum atomic E-state index is 6.26. The van der Waals surface area contributed by atoms with Crippen LogP contribution in [0.25, 0.3) is 122 Å². The minimum absolute atomic E-state index is 0.610. The van der Waals surface area contributed by atoms with Gasteiger partial charge in [-0.25, -0.2) is 15.0 Å². The van der Waals surface area contributed by atoms with Crippen molar-refractivity contribution in [3.8, 4) is 56.4 Å². The zero-order chi connectivity index (χ0) is 38.2. The number of furan rings is 2. The molecule has 270 valence electrons. The highest BCUT2D eigenvalue weighted by Gasteiger charge is 2.18. The highest BCUT2D eigenvalue weighted by molar-refractivity contribution is 6.19. The second-order valence-electron chi connectivity index (χ2n) is 14.7. The van der Waals surface area contributed by atoms with Crippen LogP contribution >= 0.6 is 0 Å². The van der Waals surface area contributed by atoms with Gasteiger partial charge in [-0.3, -0.25) is 0 Å². The summed E-state index contributed by atoms with van der Waals surface area (Å²) in [5.74, 6) is 1.83. The summed E-state index contributed by atoms with van der Waals surface area (Å²) < 4.78 is 12.5. The van der Waals surface area contributed by atoms with Gasteiger partial charge in [-0.05, 0) is 80.2 Å². The van der Waals surface area contributed by atoms with Crippen molar-refractivity contribution >= 4 is 65.4 Å². The predicted molar refractivity (Wildman–Crippen MR) is 237 cm³/mol. The third kappa shape index (κ3) is 5.21. The number of nitrogens with zero attached hydrogens (tertiary/aromatic N) is 3. The monoisotopic (exact) mass is 741 g/mol. The molecule has 9 aromatic carbocycles. The minimum Gasteiger partial charge on any atom is -0.456 e. The normalized spacial score (nSPS) is 11.8. The molecule has 0 saturated heterocycles. The van der Waals surface area contributed by atoms with Gasteiger partial charge in [0.15, 0.2) is 17.5 Å². The standard InChI is InChI=1S/C53H31N3O2/c1-2-10-32(11-3-1)33-20-22-34(23-21-33)51-54-52(56-53(55-51)38-25-28-40-36(31-38)26-29-48-49(40)43-13-4-6-17-45(43)58-48)37-24-27-39-35(30-37)12-8-15-41(39)42-16-9-19-47-50(42)44-14-5-7-18-46(44)57-47/h1-31H. The molecule has 12 aromatic rings. The molecule has 0 aliphatic carbocycles. The highest BCUT2D eigenvalue weighted by atomic mass is 16.3. The van der Waals surface area contributed by atoms with E-state index in [1.54, 1.807) is 0 Å². The number of hydrogen-bond acceptors (Lipinski definition) is 5. The summed E-state index contributed by atoms with van der Waals surface area (Å²) in [7, 11) is 0. The fourth-order valence-electron chi connectivity index (χ4n) is 8.55. The Bertz CT molecular complexity index is 3570. The summed E-state index contributed by atoms with van der Waals surface area (Å²) in [6.45, 7) is 0. The molecule has 58 heavy (non-hydrogen) atoms. The number of benzene rings is 9. The number of para-hydroxylation sites is 2. The van der Waals surface area contributed by atoms with Crippen molar-refractivity contribution in [2.75, 3.05) is 0 Å². The third-order valence-corrected chi connectivity index (χ3v) is 11.3. The summed E-state index contributed by atoms with van der Waals surface area (Å²) in [4.78, 5) is 15.4. The van der Waals surface area contributed by atoms with Crippen molar-refractivity contribution in [1.82, 2.24) is 15.0 Å². The van der Waals surface area contributed by atoms with Crippen LogP contribution in [0.4, 0.5) is 0 Å². The summed E-state index contributed by atoms with van der Waals surface area (Å²) in [5, 5.41) is 8.90. The topological polar surface area (TPSA) is 65.0 Å². The molecule has 0 radical (unpaired) electrons. The second kappa shape index (κ2) is 12.8. The van der Waals surface area contributed by atoms with Gasteiger partial charge in [-0.2, -0.15) is 0 Å². The molecule has 0 bridgehead atoms. The van der Waals surface area contributed by atoms with Gasteiger partial charge in [0, 0.05) is 38.2 Å². The van der Waals surface area contributed by atoms with Crippen LogP contribution in [0.15, 0.2) is 197 Å². The Hall–Kier alpha value is -7.89. The Morgan fingerprint density at radius 1 is 0.276 bits per heavy atom. The number of hydrogen-bond donors (Lipinski definition) is 0. The van der Waals surface area contributed by atoms with E-state index in [0.29, 0.717) is 17.5 Å². The Labute approximate surface area is 332 Å². The summed E-state index contributed by atoms with van der Waals surface area (Å²) >= 11 is 0. The highest BCUT2D eigenvalue weighted by Crippen LogP contribution is 2.41. The third-order valence-electron chi connectivity index (χ3n) is 11.3. The number of fused-ring (bicyclic) bond motifs is 9. The van der Waals surface area contributed by atoms with E-state index in [9.17, 15) is 0 Å². The maximum Gasteiger partial charge on any atom is 0.164 e. The molecule has 0 aliphatic heterocycles. The Morgan fingerprint density at radius 2 is 0.776 bits per heavy atom. The fraction of sp³-hybridized carbons (Fsp3) is 0. The molecule has 0 amide bonds. The van der Waals surface area contributed by atoms with Crippen LogP contribution in [0.5, 0.6) is 0 Å². The van der Waals surface area contributed by atoms with E-state index >= 15 is 0 Å². The lowest BCUT2D eigenvalue weighted by Crippen LogP contribution is -2.00. The van der Waals surface area contributed by atoms with Crippen LogP contribution in [-0.4, -0.2) is 15.0 Å². The molecule has 0 aliphatic rings. The average Bonchev–Trinajstić information content (AvgIpc) is 3.88. The molecule has 0 N–H and O–H groups in total. The minimum atomic E-state index is 0.610. The van der Waals surface area contributed by atoms with Crippen LogP contribution in [0.2, 0.25) is 0 Å². The molecule has 5 heteroatoms. The lowest BCUT2D eigenvalue weighted by molar-refractivity contribution is 0.668. The van der Waals surface area contributed by atoms with Crippen molar-refractivity contribution in [2.24, 2.45) is 0 Å². The molecule has 12 rings (SSSR count). The number of aromatic nitrogens is 3. The lowest BCUT2D eigenvalue weighted by atomic mass is 9.94.